The smallest absolute Gasteiger partial charge is 0.344 e. The van der Waals surface area contributed by atoms with Gasteiger partial charge in [0.15, 0.2) is 13.2 Å². The van der Waals surface area contributed by atoms with E-state index in [0.717, 1.165) is 29.3 Å². The average molecular weight is 349 g/mol. The number of ether oxygens (including phenoxy) is 2. The number of esters is 1. The predicted molar refractivity (Wildman–Crippen MR) is 87.4 cm³/mol. The Labute approximate surface area is 143 Å². The quantitative estimate of drug-likeness (QED) is 0.814. The van der Waals surface area contributed by atoms with E-state index < -0.39 is 30.1 Å². The third kappa shape index (κ3) is 5.27. The largest absolute Gasteiger partial charge is 0.481 e. The first kappa shape index (κ1) is 18.4. The number of rotatable bonds is 6. The predicted octanol–water partition coefficient (Wildman–Crippen LogP) is 3.14. The summed E-state index contributed by atoms with van der Waals surface area (Å²) in [4.78, 5) is 23.3. The molecule has 0 atom stereocenters. The molecule has 0 saturated heterocycles. The van der Waals surface area contributed by atoms with E-state index in [0.29, 0.717) is 5.75 Å². The molecular formula is C18H17F2NO4. The number of hydrogen-bond acceptors (Lipinski definition) is 4. The zero-order valence-corrected chi connectivity index (χ0v) is 13.8. The number of carbonyl (C=O) groups excluding carboxylic acids is 2. The molecule has 0 radical (unpaired) electrons. The molecule has 0 fully saturated rings. The van der Waals surface area contributed by atoms with Crippen molar-refractivity contribution in [2.75, 3.05) is 18.5 Å². The van der Waals surface area contributed by atoms with Crippen LogP contribution in [0.2, 0.25) is 0 Å². The Balaban J connectivity index is 1.81. The molecule has 0 aliphatic carbocycles. The topological polar surface area (TPSA) is 64.6 Å². The molecule has 2 aromatic carbocycles. The summed E-state index contributed by atoms with van der Waals surface area (Å²) in [6.45, 7) is 2.68. The zero-order chi connectivity index (χ0) is 18.4. The Morgan fingerprint density at radius 2 is 1.72 bits per heavy atom. The van der Waals surface area contributed by atoms with Crippen LogP contribution in [0.15, 0.2) is 36.4 Å². The highest BCUT2D eigenvalue weighted by Gasteiger charge is 2.12. The van der Waals surface area contributed by atoms with Gasteiger partial charge in [0.2, 0.25) is 0 Å². The molecule has 2 rings (SSSR count). The molecule has 0 aliphatic rings. The second-order valence-electron chi connectivity index (χ2n) is 5.34. The number of aryl methyl sites for hydroxylation is 2. The van der Waals surface area contributed by atoms with Gasteiger partial charge in [-0.05, 0) is 37.1 Å². The van der Waals surface area contributed by atoms with Crippen LogP contribution in [0.4, 0.5) is 14.5 Å². The third-order valence-electron chi connectivity index (χ3n) is 3.31. The average Bonchev–Trinajstić information content (AvgIpc) is 2.56. The number of carbonyl (C=O) groups is 2. The SMILES string of the molecule is Cc1cccc(C)c1OCC(=O)OCC(=O)Nc1cc(F)ccc1F. The minimum atomic E-state index is -0.792. The van der Waals surface area contributed by atoms with Gasteiger partial charge in [-0.3, -0.25) is 4.79 Å². The van der Waals surface area contributed by atoms with Crippen molar-refractivity contribution in [3.8, 4) is 5.75 Å². The second-order valence-corrected chi connectivity index (χ2v) is 5.34. The number of halogens is 2. The fourth-order valence-electron chi connectivity index (χ4n) is 2.13. The third-order valence-corrected chi connectivity index (χ3v) is 3.31. The van der Waals surface area contributed by atoms with Crippen molar-refractivity contribution in [2.24, 2.45) is 0 Å². The van der Waals surface area contributed by atoms with Gasteiger partial charge in [-0.25, -0.2) is 13.6 Å². The first-order valence-corrected chi connectivity index (χ1v) is 7.46. The minimum Gasteiger partial charge on any atom is -0.481 e. The molecule has 0 aliphatic heterocycles. The van der Waals surface area contributed by atoms with E-state index in [1.807, 2.05) is 32.0 Å². The molecule has 7 heteroatoms. The Morgan fingerprint density at radius 1 is 1.04 bits per heavy atom. The van der Waals surface area contributed by atoms with Crippen LogP contribution in [0.5, 0.6) is 5.75 Å². The molecule has 1 amide bonds. The van der Waals surface area contributed by atoms with Crippen LogP contribution in [0.1, 0.15) is 11.1 Å². The maximum absolute atomic E-state index is 13.4. The molecule has 132 valence electrons. The Hall–Kier alpha value is -2.96. The molecule has 0 saturated carbocycles. The van der Waals surface area contributed by atoms with Crippen LogP contribution < -0.4 is 10.1 Å². The zero-order valence-electron chi connectivity index (χ0n) is 13.8. The molecule has 1 N–H and O–H groups in total. The lowest BCUT2D eigenvalue weighted by Gasteiger charge is -2.11. The van der Waals surface area contributed by atoms with Crippen molar-refractivity contribution in [2.45, 2.75) is 13.8 Å². The van der Waals surface area contributed by atoms with E-state index in [1.54, 1.807) is 0 Å². The van der Waals surface area contributed by atoms with Crippen LogP contribution in [0.25, 0.3) is 0 Å². The lowest BCUT2D eigenvalue weighted by atomic mass is 10.1. The molecule has 25 heavy (non-hydrogen) atoms. The van der Waals surface area contributed by atoms with Crippen molar-refractivity contribution in [3.63, 3.8) is 0 Å². The maximum Gasteiger partial charge on any atom is 0.344 e. The lowest BCUT2D eigenvalue weighted by Crippen LogP contribution is -2.24. The molecule has 0 aromatic heterocycles. The van der Waals surface area contributed by atoms with E-state index in [4.69, 9.17) is 9.47 Å². The van der Waals surface area contributed by atoms with E-state index in [9.17, 15) is 18.4 Å². The molecule has 0 heterocycles. The molecular weight excluding hydrogens is 332 g/mol. The van der Waals surface area contributed by atoms with Crippen molar-refractivity contribution in [1.82, 2.24) is 0 Å². The summed E-state index contributed by atoms with van der Waals surface area (Å²) in [7, 11) is 0. The Bertz CT molecular complexity index is 772. The number of benzene rings is 2. The fraction of sp³-hybridized carbons (Fsp3) is 0.222. The molecule has 0 spiro atoms. The van der Waals surface area contributed by atoms with Gasteiger partial charge in [0.05, 0.1) is 5.69 Å². The lowest BCUT2D eigenvalue weighted by molar-refractivity contribution is -0.149. The van der Waals surface area contributed by atoms with Gasteiger partial charge in [0.25, 0.3) is 5.91 Å². The van der Waals surface area contributed by atoms with Crippen LogP contribution in [-0.4, -0.2) is 25.1 Å². The number of para-hydroxylation sites is 1. The first-order chi connectivity index (χ1) is 11.9. The summed E-state index contributed by atoms with van der Waals surface area (Å²) >= 11 is 0. The molecule has 0 bridgehead atoms. The summed E-state index contributed by atoms with van der Waals surface area (Å²) in [5.74, 6) is -2.46. The van der Waals surface area contributed by atoms with Crippen LogP contribution in [0, 0.1) is 25.5 Å². The van der Waals surface area contributed by atoms with E-state index in [2.05, 4.69) is 5.32 Å². The summed E-state index contributed by atoms with van der Waals surface area (Å²) in [5.41, 5.74) is 1.41. The normalized spacial score (nSPS) is 10.2. The number of anilines is 1. The van der Waals surface area contributed by atoms with Gasteiger partial charge in [-0.2, -0.15) is 0 Å². The number of nitrogens with one attached hydrogen (secondary N) is 1. The Kier molecular flexibility index (Phi) is 6.05. The highest BCUT2D eigenvalue weighted by molar-refractivity contribution is 5.92. The van der Waals surface area contributed by atoms with Gasteiger partial charge in [-0.15, -0.1) is 0 Å². The van der Waals surface area contributed by atoms with Crippen molar-refractivity contribution >= 4 is 17.6 Å². The summed E-state index contributed by atoms with van der Waals surface area (Å²) in [6.07, 6.45) is 0. The van der Waals surface area contributed by atoms with Gasteiger partial charge in [-0.1, -0.05) is 18.2 Å². The van der Waals surface area contributed by atoms with Crippen molar-refractivity contribution < 1.29 is 27.8 Å². The van der Waals surface area contributed by atoms with E-state index >= 15 is 0 Å². The van der Waals surface area contributed by atoms with Gasteiger partial charge in [0, 0.05) is 6.07 Å². The van der Waals surface area contributed by atoms with E-state index in [-0.39, 0.29) is 12.3 Å². The summed E-state index contributed by atoms with van der Waals surface area (Å²) < 4.78 is 36.6. The summed E-state index contributed by atoms with van der Waals surface area (Å²) in [6, 6.07) is 8.19. The maximum atomic E-state index is 13.4. The number of hydrogen-bond donors (Lipinski definition) is 1. The monoisotopic (exact) mass is 349 g/mol. The minimum absolute atomic E-state index is 0.326. The van der Waals surface area contributed by atoms with E-state index in [1.165, 1.54) is 0 Å². The van der Waals surface area contributed by atoms with Crippen molar-refractivity contribution in [1.29, 1.82) is 0 Å². The molecule has 2 aromatic rings. The molecule has 0 unspecified atom stereocenters. The standard InChI is InChI=1S/C18H17F2NO4/c1-11-4-3-5-12(2)18(11)25-10-17(23)24-9-16(22)21-15-8-13(19)6-7-14(15)20/h3-8H,9-10H2,1-2H3,(H,21,22). The van der Waals surface area contributed by atoms with Crippen LogP contribution in [0.3, 0.4) is 0 Å². The second kappa shape index (κ2) is 8.23. The highest BCUT2D eigenvalue weighted by Crippen LogP contribution is 2.22. The van der Waals surface area contributed by atoms with Gasteiger partial charge < -0.3 is 14.8 Å². The fourth-order valence-corrected chi connectivity index (χ4v) is 2.13. The van der Waals surface area contributed by atoms with Gasteiger partial charge in [0.1, 0.15) is 17.4 Å². The summed E-state index contributed by atoms with van der Waals surface area (Å²) in [5, 5.41) is 2.13. The van der Waals surface area contributed by atoms with Crippen LogP contribution in [-0.2, 0) is 14.3 Å². The molecule has 5 nitrogen and oxygen atoms in total. The van der Waals surface area contributed by atoms with Crippen molar-refractivity contribution in [3.05, 3.63) is 59.2 Å². The highest BCUT2D eigenvalue weighted by atomic mass is 19.1. The van der Waals surface area contributed by atoms with Crippen LogP contribution >= 0.6 is 0 Å². The number of amides is 1. The van der Waals surface area contributed by atoms with Gasteiger partial charge >= 0.3 is 5.97 Å². The Morgan fingerprint density at radius 3 is 2.40 bits per heavy atom. The first-order valence-electron chi connectivity index (χ1n) is 7.46.